The molecule has 0 unspecified atom stereocenters. The van der Waals surface area contributed by atoms with Crippen LogP contribution in [0.5, 0.6) is 0 Å². The molecule has 2 heterocycles. The van der Waals surface area contributed by atoms with E-state index < -0.39 is 0 Å². The second kappa shape index (κ2) is 4.68. The first kappa shape index (κ1) is 11.6. The van der Waals surface area contributed by atoms with Crippen molar-refractivity contribution in [3.05, 3.63) is 48.4 Å². The summed E-state index contributed by atoms with van der Waals surface area (Å²) in [7, 11) is 0. The molecule has 96 valence electrons. The summed E-state index contributed by atoms with van der Waals surface area (Å²) in [6.45, 7) is 1.99. The van der Waals surface area contributed by atoms with E-state index in [0.29, 0.717) is 5.69 Å². The van der Waals surface area contributed by atoms with Gasteiger partial charge in [-0.25, -0.2) is 9.37 Å². The van der Waals surface area contributed by atoms with Gasteiger partial charge in [0, 0.05) is 12.0 Å². The maximum atomic E-state index is 13.0. The zero-order chi connectivity index (χ0) is 13.2. The summed E-state index contributed by atoms with van der Waals surface area (Å²) >= 11 is 0. The van der Waals surface area contributed by atoms with Gasteiger partial charge in [0.2, 0.25) is 0 Å². The maximum Gasteiger partial charge on any atom is 0.146 e. The van der Waals surface area contributed by atoms with Crippen LogP contribution in [0.1, 0.15) is 12.7 Å². The van der Waals surface area contributed by atoms with Crippen molar-refractivity contribution in [1.82, 2.24) is 15.1 Å². The predicted molar refractivity (Wildman–Crippen MR) is 68.9 cm³/mol. The molecule has 0 spiro atoms. The smallest absolute Gasteiger partial charge is 0.146 e. The summed E-state index contributed by atoms with van der Waals surface area (Å²) in [5.74, 6) is 0.509. The van der Waals surface area contributed by atoms with Gasteiger partial charge < -0.3 is 9.51 Å². The highest BCUT2D eigenvalue weighted by Crippen LogP contribution is 2.33. The summed E-state index contributed by atoms with van der Waals surface area (Å²) in [5.41, 5.74) is 3.24. The lowest BCUT2D eigenvalue weighted by molar-refractivity contribution is 0.389. The Morgan fingerprint density at radius 2 is 2.05 bits per heavy atom. The molecule has 0 aliphatic rings. The van der Waals surface area contributed by atoms with Crippen molar-refractivity contribution in [2.75, 3.05) is 0 Å². The number of aromatic nitrogens is 3. The molecule has 1 N–H and O–H groups in total. The number of aromatic amines is 1. The summed E-state index contributed by atoms with van der Waals surface area (Å²) < 4.78 is 18.3. The van der Waals surface area contributed by atoms with Crippen LogP contribution in [0.2, 0.25) is 0 Å². The Labute approximate surface area is 109 Å². The van der Waals surface area contributed by atoms with Crippen LogP contribution in [0, 0.1) is 5.82 Å². The third-order valence-electron chi connectivity index (χ3n) is 2.97. The Kier molecular flexibility index (Phi) is 2.87. The maximum absolute atomic E-state index is 13.0. The van der Waals surface area contributed by atoms with E-state index in [1.54, 1.807) is 24.7 Å². The van der Waals surface area contributed by atoms with Crippen molar-refractivity contribution >= 4 is 0 Å². The number of imidazole rings is 1. The van der Waals surface area contributed by atoms with Crippen LogP contribution in [0.4, 0.5) is 4.39 Å². The minimum Gasteiger partial charge on any atom is -0.360 e. The van der Waals surface area contributed by atoms with Gasteiger partial charge in [0.05, 0.1) is 23.8 Å². The van der Waals surface area contributed by atoms with Crippen molar-refractivity contribution < 1.29 is 8.91 Å². The topological polar surface area (TPSA) is 54.7 Å². The average molecular weight is 257 g/mol. The molecule has 3 aromatic rings. The van der Waals surface area contributed by atoms with Crippen LogP contribution >= 0.6 is 0 Å². The highest BCUT2D eigenvalue weighted by Gasteiger charge is 2.19. The van der Waals surface area contributed by atoms with E-state index in [0.717, 1.165) is 29.0 Å². The third-order valence-corrected chi connectivity index (χ3v) is 2.97. The van der Waals surface area contributed by atoms with Crippen LogP contribution in [0.3, 0.4) is 0 Å². The molecule has 0 saturated heterocycles. The lowest BCUT2D eigenvalue weighted by Gasteiger charge is -2.01. The SMILES string of the molecule is CCc1onc(-c2ccc(F)cc2)c1-c1cnc[nH]1. The molecule has 2 aromatic heterocycles. The molecule has 0 aliphatic carbocycles. The van der Waals surface area contributed by atoms with E-state index in [-0.39, 0.29) is 5.82 Å². The lowest BCUT2D eigenvalue weighted by Crippen LogP contribution is -1.86. The Balaban J connectivity index is 2.17. The molecule has 0 saturated carbocycles. The molecule has 0 radical (unpaired) electrons. The van der Waals surface area contributed by atoms with Gasteiger partial charge in [0.1, 0.15) is 17.3 Å². The average Bonchev–Trinajstić information content (AvgIpc) is 3.07. The largest absolute Gasteiger partial charge is 0.360 e. The van der Waals surface area contributed by atoms with Crippen LogP contribution < -0.4 is 0 Å². The van der Waals surface area contributed by atoms with Gasteiger partial charge in [-0.2, -0.15) is 0 Å². The van der Waals surface area contributed by atoms with Crippen LogP contribution in [0.15, 0.2) is 41.3 Å². The number of benzene rings is 1. The monoisotopic (exact) mass is 257 g/mol. The minimum atomic E-state index is -0.272. The summed E-state index contributed by atoms with van der Waals surface area (Å²) in [6, 6.07) is 6.19. The van der Waals surface area contributed by atoms with Crippen molar-refractivity contribution in [3.63, 3.8) is 0 Å². The summed E-state index contributed by atoms with van der Waals surface area (Å²) in [6.07, 6.45) is 4.05. The zero-order valence-electron chi connectivity index (χ0n) is 10.4. The fraction of sp³-hybridized carbons (Fsp3) is 0.143. The molecule has 0 fully saturated rings. The first-order valence-electron chi connectivity index (χ1n) is 6.03. The molecular weight excluding hydrogens is 245 g/mol. The Hall–Kier alpha value is -2.43. The number of H-pyrrole nitrogens is 1. The number of halogens is 1. The van der Waals surface area contributed by atoms with Crippen LogP contribution in [-0.4, -0.2) is 15.1 Å². The molecule has 19 heavy (non-hydrogen) atoms. The number of hydrogen-bond donors (Lipinski definition) is 1. The van der Waals surface area contributed by atoms with Crippen molar-refractivity contribution in [3.8, 4) is 22.5 Å². The van der Waals surface area contributed by atoms with Gasteiger partial charge >= 0.3 is 0 Å². The normalized spacial score (nSPS) is 10.8. The van der Waals surface area contributed by atoms with Crippen LogP contribution in [0.25, 0.3) is 22.5 Å². The van der Waals surface area contributed by atoms with Crippen molar-refractivity contribution in [2.24, 2.45) is 0 Å². The first-order chi connectivity index (χ1) is 9.29. The first-order valence-corrected chi connectivity index (χ1v) is 6.03. The van der Waals surface area contributed by atoms with Crippen molar-refractivity contribution in [2.45, 2.75) is 13.3 Å². The van der Waals surface area contributed by atoms with Gasteiger partial charge in [-0.1, -0.05) is 12.1 Å². The molecule has 0 amide bonds. The Bertz CT molecular complexity index is 671. The number of nitrogens with one attached hydrogen (secondary N) is 1. The standard InChI is InChI=1S/C14H12FN3O/c1-2-12-13(11-7-16-8-17-11)14(18-19-12)9-3-5-10(15)6-4-9/h3-8H,2H2,1H3,(H,16,17). The molecule has 1 aromatic carbocycles. The van der Waals surface area contributed by atoms with E-state index >= 15 is 0 Å². The molecule has 3 rings (SSSR count). The summed E-state index contributed by atoms with van der Waals surface area (Å²) in [4.78, 5) is 7.07. The quantitative estimate of drug-likeness (QED) is 0.782. The van der Waals surface area contributed by atoms with E-state index in [4.69, 9.17) is 4.52 Å². The highest BCUT2D eigenvalue weighted by molar-refractivity contribution is 5.79. The number of aryl methyl sites for hydroxylation is 1. The minimum absolute atomic E-state index is 0.272. The van der Waals surface area contributed by atoms with E-state index in [2.05, 4.69) is 15.1 Å². The molecule has 4 nitrogen and oxygen atoms in total. The molecule has 0 bridgehead atoms. The Morgan fingerprint density at radius 1 is 1.26 bits per heavy atom. The van der Waals surface area contributed by atoms with Gasteiger partial charge in [-0.3, -0.25) is 0 Å². The zero-order valence-corrected chi connectivity index (χ0v) is 10.4. The van der Waals surface area contributed by atoms with Gasteiger partial charge in [-0.05, 0) is 24.3 Å². The lowest BCUT2D eigenvalue weighted by atomic mass is 10.0. The van der Waals surface area contributed by atoms with E-state index in [9.17, 15) is 4.39 Å². The summed E-state index contributed by atoms with van der Waals surface area (Å²) in [5, 5.41) is 4.10. The molecular formula is C14H12FN3O. The fourth-order valence-corrected chi connectivity index (χ4v) is 2.04. The number of hydrogen-bond acceptors (Lipinski definition) is 3. The third kappa shape index (κ3) is 2.03. The fourth-order valence-electron chi connectivity index (χ4n) is 2.04. The number of nitrogens with zero attached hydrogens (tertiary/aromatic N) is 2. The van der Waals surface area contributed by atoms with Crippen molar-refractivity contribution in [1.29, 1.82) is 0 Å². The van der Waals surface area contributed by atoms with E-state index in [1.807, 2.05) is 6.92 Å². The highest BCUT2D eigenvalue weighted by atomic mass is 19.1. The Morgan fingerprint density at radius 3 is 2.68 bits per heavy atom. The second-order valence-corrected chi connectivity index (χ2v) is 4.16. The van der Waals surface area contributed by atoms with E-state index in [1.165, 1.54) is 12.1 Å². The number of rotatable bonds is 3. The molecule has 5 heteroatoms. The molecule has 0 atom stereocenters. The second-order valence-electron chi connectivity index (χ2n) is 4.16. The molecule has 0 aliphatic heterocycles. The van der Waals surface area contributed by atoms with Crippen LogP contribution in [-0.2, 0) is 6.42 Å². The van der Waals surface area contributed by atoms with Gasteiger partial charge in [-0.15, -0.1) is 0 Å². The predicted octanol–water partition coefficient (Wildman–Crippen LogP) is 3.43. The van der Waals surface area contributed by atoms with Gasteiger partial charge in [0.15, 0.2) is 0 Å². The van der Waals surface area contributed by atoms with Gasteiger partial charge in [0.25, 0.3) is 0 Å².